The van der Waals surface area contributed by atoms with E-state index in [1.807, 2.05) is 5.32 Å². The molecule has 0 bridgehead atoms. The zero-order chi connectivity index (χ0) is 18.2. The predicted molar refractivity (Wildman–Crippen MR) is 94.5 cm³/mol. The SMILES string of the molecule is CCc1ccc([C@@H]([NH2+]CC(=O)NNC(=O)c2ccco2)C(C)C)cc1. The van der Waals surface area contributed by atoms with Gasteiger partial charge in [0, 0.05) is 11.5 Å². The molecule has 0 aliphatic carbocycles. The fourth-order valence-electron chi connectivity index (χ4n) is 2.65. The molecule has 0 fully saturated rings. The summed E-state index contributed by atoms with van der Waals surface area (Å²) in [6.07, 6.45) is 2.41. The summed E-state index contributed by atoms with van der Waals surface area (Å²) in [6, 6.07) is 11.8. The largest absolute Gasteiger partial charge is 0.459 e. The van der Waals surface area contributed by atoms with Gasteiger partial charge in [-0.1, -0.05) is 45.0 Å². The number of benzene rings is 1. The molecule has 6 heteroatoms. The lowest BCUT2D eigenvalue weighted by atomic mass is 9.95. The van der Waals surface area contributed by atoms with Gasteiger partial charge in [-0.3, -0.25) is 20.4 Å². The lowest BCUT2D eigenvalue weighted by Crippen LogP contribution is -2.88. The van der Waals surface area contributed by atoms with Crippen LogP contribution in [0, 0.1) is 5.92 Å². The molecule has 6 nitrogen and oxygen atoms in total. The Hall–Kier alpha value is -2.60. The molecular weight excluding hydrogens is 318 g/mol. The van der Waals surface area contributed by atoms with E-state index in [0.29, 0.717) is 5.92 Å². The molecule has 0 spiro atoms. The number of aryl methyl sites for hydroxylation is 1. The van der Waals surface area contributed by atoms with Crippen LogP contribution < -0.4 is 16.2 Å². The summed E-state index contributed by atoms with van der Waals surface area (Å²) in [5, 5.41) is 1.99. The number of carbonyl (C=O) groups excluding carboxylic acids is 2. The lowest BCUT2D eigenvalue weighted by Gasteiger charge is -2.19. The number of quaternary nitrogens is 1. The Balaban J connectivity index is 1.85. The Kier molecular flexibility index (Phi) is 6.77. The molecule has 1 atom stereocenters. The van der Waals surface area contributed by atoms with Gasteiger partial charge in [-0.25, -0.2) is 0 Å². The molecule has 25 heavy (non-hydrogen) atoms. The molecule has 2 rings (SSSR count). The second-order valence-corrected chi connectivity index (χ2v) is 6.28. The number of amides is 2. The van der Waals surface area contributed by atoms with Crippen molar-refractivity contribution in [2.24, 2.45) is 5.92 Å². The van der Waals surface area contributed by atoms with E-state index in [4.69, 9.17) is 4.42 Å². The Morgan fingerprint density at radius 3 is 2.40 bits per heavy atom. The van der Waals surface area contributed by atoms with Crippen LogP contribution in [-0.2, 0) is 11.2 Å². The molecule has 0 saturated heterocycles. The zero-order valence-electron chi connectivity index (χ0n) is 14.9. The van der Waals surface area contributed by atoms with Crippen LogP contribution in [0.4, 0.5) is 0 Å². The number of hydrogen-bond donors (Lipinski definition) is 3. The summed E-state index contributed by atoms with van der Waals surface area (Å²) in [7, 11) is 0. The highest BCUT2D eigenvalue weighted by atomic mass is 16.3. The van der Waals surface area contributed by atoms with Crippen LogP contribution in [0.25, 0.3) is 0 Å². The van der Waals surface area contributed by atoms with Crippen molar-refractivity contribution in [2.75, 3.05) is 6.54 Å². The van der Waals surface area contributed by atoms with Crippen LogP contribution in [0.3, 0.4) is 0 Å². The number of nitrogens with two attached hydrogens (primary N) is 1. The first-order valence-corrected chi connectivity index (χ1v) is 8.56. The van der Waals surface area contributed by atoms with Gasteiger partial charge in [-0.15, -0.1) is 0 Å². The molecule has 1 aromatic heterocycles. The maximum atomic E-state index is 12.0. The van der Waals surface area contributed by atoms with Crippen molar-refractivity contribution >= 4 is 11.8 Å². The van der Waals surface area contributed by atoms with E-state index in [1.54, 1.807) is 6.07 Å². The topological polar surface area (TPSA) is 88.0 Å². The third-order valence-corrected chi connectivity index (χ3v) is 4.11. The smallest absolute Gasteiger partial charge is 0.305 e. The van der Waals surface area contributed by atoms with Gasteiger partial charge in [0.2, 0.25) is 0 Å². The normalized spacial score (nSPS) is 12.0. The van der Waals surface area contributed by atoms with Crippen LogP contribution >= 0.6 is 0 Å². The Labute approximate surface area is 148 Å². The monoisotopic (exact) mass is 344 g/mol. The van der Waals surface area contributed by atoms with Gasteiger partial charge in [0.25, 0.3) is 5.91 Å². The summed E-state index contributed by atoms with van der Waals surface area (Å²) in [5.41, 5.74) is 7.24. The van der Waals surface area contributed by atoms with Crippen molar-refractivity contribution in [3.8, 4) is 0 Å². The minimum Gasteiger partial charge on any atom is -0.459 e. The zero-order valence-corrected chi connectivity index (χ0v) is 14.9. The van der Waals surface area contributed by atoms with E-state index in [2.05, 4.69) is 55.9 Å². The Morgan fingerprint density at radius 2 is 1.84 bits per heavy atom. The Morgan fingerprint density at radius 1 is 1.12 bits per heavy atom. The maximum Gasteiger partial charge on any atom is 0.305 e. The molecule has 0 aliphatic heterocycles. The highest BCUT2D eigenvalue weighted by Crippen LogP contribution is 2.18. The molecule has 134 valence electrons. The second-order valence-electron chi connectivity index (χ2n) is 6.28. The number of furan rings is 1. The van der Waals surface area contributed by atoms with Crippen LogP contribution in [0.5, 0.6) is 0 Å². The average Bonchev–Trinajstić information content (AvgIpc) is 3.15. The van der Waals surface area contributed by atoms with E-state index in [-0.39, 0.29) is 24.3 Å². The molecule has 1 aromatic carbocycles. The number of rotatable bonds is 7. The van der Waals surface area contributed by atoms with Crippen LogP contribution in [0.2, 0.25) is 0 Å². The summed E-state index contributed by atoms with van der Waals surface area (Å²) in [6.45, 7) is 6.61. The lowest BCUT2D eigenvalue weighted by molar-refractivity contribution is -0.692. The van der Waals surface area contributed by atoms with Crippen LogP contribution in [-0.4, -0.2) is 18.4 Å². The quantitative estimate of drug-likeness (QED) is 0.666. The van der Waals surface area contributed by atoms with Gasteiger partial charge >= 0.3 is 5.91 Å². The maximum absolute atomic E-state index is 12.0. The fourth-order valence-corrected chi connectivity index (χ4v) is 2.65. The molecule has 0 unspecified atom stereocenters. The van der Waals surface area contributed by atoms with Gasteiger partial charge in [0.15, 0.2) is 12.3 Å². The molecule has 0 aliphatic rings. The first-order valence-electron chi connectivity index (χ1n) is 8.56. The first kappa shape index (κ1) is 18.7. The molecule has 0 radical (unpaired) electrons. The highest BCUT2D eigenvalue weighted by molar-refractivity contribution is 5.92. The van der Waals surface area contributed by atoms with E-state index in [9.17, 15) is 9.59 Å². The van der Waals surface area contributed by atoms with E-state index in [0.717, 1.165) is 6.42 Å². The van der Waals surface area contributed by atoms with Crippen molar-refractivity contribution in [1.82, 2.24) is 10.9 Å². The van der Waals surface area contributed by atoms with Crippen molar-refractivity contribution < 1.29 is 19.3 Å². The van der Waals surface area contributed by atoms with Crippen molar-refractivity contribution in [3.05, 3.63) is 59.5 Å². The molecule has 1 heterocycles. The number of hydrazine groups is 1. The van der Waals surface area contributed by atoms with Gasteiger partial charge < -0.3 is 9.73 Å². The number of nitrogens with one attached hydrogen (secondary N) is 2. The van der Waals surface area contributed by atoms with Crippen LogP contribution in [0.15, 0.2) is 47.1 Å². The van der Waals surface area contributed by atoms with Crippen molar-refractivity contribution in [1.29, 1.82) is 0 Å². The van der Waals surface area contributed by atoms with Crippen LogP contribution in [0.1, 0.15) is 48.5 Å². The summed E-state index contributed by atoms with van der Waals surface area (Å²) < 4.78 is 4.96. The average molecular weight is 344 g/mol. The minimum atomic E-state index is -0.478. The molecule has 0 saturated carbocycles. The third-order valence-electron chi connectivity index (χ3n) is 4.11. The third kappa shape index (κ3) is 5.46. The highest BCUT2D eigenvalue weighted by Gasteiger charge is 2.20. The van der Waals surface area contributed by atoms with E-state index >= 15 is 0 Å². The molecule has 4 N–H and O–H groups in total. The molecular formula is C19H26N3O3+. The summed E-state index contributed by atoms with van der Waals surface area (Å²) in [4.78, 5) is 23.7. The Bertz CT molecular complexity index is 678. The summed E-state index contributed by atoms with van der Waals surface area (Å²) in [5.74, 6) is -0.219. The fraction of sp³-hybridized carbons (Fsp3) is 0.368. The van der Waals surface area contributed by atoms with Gasteiger partial charge in [-0.05, 0) is 24.1 Å². The van der Waals surface area contributed by atoms with Gasteiger partial charge in [0.05, 0.1) is 6.26 Å². The molecule has 2 aromatic rings. The number of hydrogen-bond acceptors (Lipinski definition) is 3. The van der Waals surface area contributed by atoms with E-state index in [1.165, 1.54) is 23.5 Å². The van der Waals surface area contributed by atoms with Crippen molar-refractivity contribution in [3.63, 3.8) is 0 Å². The van der Waals surface area contributed by atoms with Crippen molar-refractivity contribution in [2.45, 2.75) is 33.2 Å². The van der Waals surface area contributed by atoms with Gasteiger partial charge in [0.1, 0.15) is 6.04 Å². The standard InChI is InChI=1S/C19H25N3O3/c1-4-14-7-9-15(10-8-14)18(13(2)3)20-12-17(23)21-22-19(24)16-6-5-11-25-16/h5-11,13,18,20H,4,12H2,1-3H3,(H,21,23)(H,22,24)/p+1/t18-/m0/s1. The number of carbonyl (C=O) groups is 2. The molecule has 2 amide bonds. The minimum absolute atomic E-state index is 0.153. The summed E-state index contributed by atoms with van der Waals surface area (Å²) >= 11 is 0. The second kappa shape index (κ2) is 9.03. The van der Waals surface area contributed by atoms with Gasteiger partial charge in [-0.2, -0.15) is 0 Å². The predicted octanol–water partition coefficient (Wildman–Crippen LogP) is 1.56. The first-order chi connectivity index (χ1) is 12.0. The van der Waals surface area contributed by atoms with E-state index < -0.39 is 5.91 Å².